The van der Waals surface area contributed by atoms with E-state index in [0.29, 0.717) is 32.5 Å². The van der Waals surface area contributed by atoms with Crippen molar-refractivity contribution in [2.24, 2.45) is 0 Å². The minimum absolute atomic E-state index is 0.227. The first-order valence-corrected chi connectivity index (χ1v) is 7.38. The Morgan fingerprint density at radius 3 is 2.84 bits per heavy atom. The van der Waals surface area contributed by atoms with Crippen LogP contribution in [0.4, 0.5) is 0 Å². The Morgan fingerprint density at radius 2 is 2.16 bits per heavy atom. The van der Waals surface area contributed by atoms with Crippen molar-refractivity contribution < 1.29 is 19.3 Å². The molecule has 1 saturated heterocycles. The average molecular weight is 275 g/mol. The largest absolute Gasteiger partial charge is 0.389 e. The highest BCUT2D eigenvalue weighted by atomic mass is 16.5. The second-order valence-corrected chi connectivity index (χ2v) is 5.30. The van der Waals surface area contributed by atoms with Crippen molar-refractivity contribution in [3.05, 3.63) is 0 Å². The van der Waals surface area contributed by atoms with Crippen LogP contribution in [0.25, 0.3) is 0 Å². The third-order valence-electron chi connectivity index (χ3n) is 3.02. The van der Waals surface area contributed by atoms with Crippen LogP contribution in [0.5, 0.6) is 0 Å². The molecule has 2 N–H and O–H groups in total. The lowest BCUT2D eigenvalue weighted by Gasteiger charge is -2.23. The molecule has 0 aliphatic carbocycles. The Kier molecular flexibility index (Phi) is 9.38. The molecule has 0 spiro atoms. The summed E-state index contributed by atoms with van der Waals surface area (Å²) in [5.41, 5.74) is 0. The van der Waals surface area contributed by atoms with Gasteiger partial charge in [-0.05, 0) is 33.1 Å². The second kappa shape index (κ2) is 10.6. The van der Waals surface area contributed by atoms with Gasteiger partial charge in [0.25, 0.3) is 0 Å². The van der Waals surface area contributed by atoms with Crippen LogP contribution in [0.2, 0.25) is 0 Å². The predicted molar refractivity (Wildman–Crippen MR) is 74.4 cm³/mol. The zero-order chi connectivity index (χ0) is 13.9. The van der Waals surface area contributed by atoms with Crippen molar-refractivity contribution in [3.8, 4) is 0 Å². The summed E-state index contributed by atoms with van der Waals surface area (Å²) in [6.07, 6.45) is 3.60. The van der Waals surface area contributed by atoms with Gasteiger partial charge < -0.3 is 24.6 Å². The first kappa shape index (κ1) is 16.9. The molecule has 5 nitrogen and oxygen atoms in total. The summed E-state index contributed by atoms with van der Waals surface area (Å²) in [7, 11) is 0. The number of nitrogens with one attached hydrogen (secondary N) is 1. The highest BCUT2D eigenvalue weighted by molar-refractivity contribution is 4.68. The molecule has 19 heavy (non-hydrogen) atoms. The summed E-state index contributed by atoms with van der Waals surface area (Å²) in [6.45, 7) is 7.67. The SMILES string of the molecule is CC(C)OCCOCC(O)CNCC1CCCCO1. The topological polar surface area (TPSA) is 60.0 Å². The Balaban J connectivity index is 1.88. The fourth-order valence-corrected chi connectivity index (χ4v) is 2.00. The fraction of sp³-hybridized carbons (Fsp3) is 1.00. The highest BCUT2D eigenvalue weighted by Crippen LogP contribution is 2.11. The smallest absolute Gasteiger partial charge is 0.0897 e. The van der Waals surface area contributed by atoms with Gasteiger partial charge >= 0.3 is 0 Å². The van der Waals surface area contributed by atoms with Crippen LogP contribution in [0, 0.1) is 0 Å². The molecule has 1 heterocycles. The molecule has 1 rings (SSSR count). The maximum absolute atomic E-state index is 9.72. The monoisotopic (exact) mass is 275 g/mol. The van der Waals surface area contributed by atoms with E-state index < -0.39 is 6.10 Å². The first-order valence-electron chi connectivity index (χ1n) is 7.38. The zero-order valence-corrected chi connectivity index (χ0v) is 12.3. The molecule has 0 radical (unpaired) electrons. The molecule has 2 atom stereocenters. The van der Waals surface area contributed by atoms with Gasteiger partial charge in [0.2, 0.25) is 0 Å². The van der Waals surface area contributed by atoms with E-state index in [1.54, 1.807) is 0 Å². The molecule has 1 aliphatic heterocycles. The molecule has 0 aromatic rings. The number of aliphatic hydroxyl groups excluding tert-OH is 1. The molecule has 114 valence electrons. The van der Waals surface area contributed by atoms with Crippen LogP contribution in [-0.2, 0) is 14.2 Å². The van der Waals surface area contributed by atoms with E-state index in [0.717, 1.165) is 19.6 Å². The Hall–Kier alpha value is -0.200. The molecular weight excluding hydrogens is 246 g/mol. The van der Waals surface area contributed by atoms with Gasteiger partial charge in [-0.25, -0.2) is 0 Å². The van der Waals surface area contributed by atoms with Crippen molar-refractivity contribution in [1.29, 1.82) is 0 Å². The fourth-order valence-electron chi connectivity index (χ4n) is 2.00. The Bertz CT molecular complexity index is 208. The van der Waals surface area contributed by atoms with Gasteiger partial charge in [0.05, 0.1) is 38.1 Å². The summed E-state index contributed by atoms with van der Waals surface area (Å²) in [5.74, 6) is 0. The molecule has 2 unspecified atom stereocenters. The van der Waals surface area contributed by atoms with Gasteiger partial charge in [-0.1, -0.05) is 0 Å². The lowest BCUT2D eigenvalue weighted by molar-refractivity contribution is -0.0130. The minimum Gasteiger partial charge on any atom is -0.389 e. The summed E-state index contributed by atoms with van der Waals surface area (Å²) in [4.78, 5) is 0. The van der Waals surface area contributed by atoms with Crippen molar-refractivity contribution >= 4 is 0 Å². The number of aliphatic hydroxyl groups is 1. The van der Waals surface area contributed by atoms with Crippen molar-refractivity contribution in [3.63, 3.8) is 0 Å². The highest BCUT2D eigenvalue weighted by Gasteiger charge is 2.13. The van der Waals surface area contributed by atoms with Gasteiger partial charge in [-0.15, -0.1) is 0 Å². The maximum atomic E-state index is 9.72. The molecule has 1 fully saturated rings. The molecule has 0 amide bonds. The van der Waals surface area contributed by atoms with Gasteiger partial charge in [0, 0.05) is 19.7 Å². The van der Waals surface area contributed by atoms with Gasteiger partial charge in [-0.3, -0.25) is 0 Å². The van der Waals surface area contributed by atoms with Gasteiger partial charge in [-0.2, -0.15) is 0 Å². The van der Waals surface area contributed by atoms with E-state index in [-0.39, 0.29) is 6.10 Å². The Morgan fingerprint density at radius 1 is 1.32 bits per heavy atom. The molecular formula is C14H29NO4. The summed E-state index contributed by atoms with van der Waals surface area (Å²) in [6, 6.07) is 0. The van der Waals surface area contributed by atoms with E-state index >= 15 is 0 Å². The van der Waals surface area contributed by atoms with Crippen molar-refractivity contribution in [1.82, 2.24) is 5.32 Å². The molecule has 1 aliphatic rings. The predicted octanol–water partition coefficient (Wildman–Crippen LogP) is 0.948. The molecule has 0 saturated carbocycles. The van der Waals surface area contributed by atoms with Gasteiger partial charge in [0.1, 0.15) is 0 Å². The van der Waals surface area contributed by atoms with E-state index in [2.05, 4.69) is 5.32 Å². The molecule has 0 bridgehead atoms. The first-order chi connectivity index (χ1) is 9.18. The normalized spacial score (nSPS) is 21.8. The third-order valence-corrected chi connectivity index (χ3v) is 3.02. The standard InChI is InChI=1S/C14H29NO4/c1-12(2)18-8-7-17-11-13(16)9-15-10-14-5-3-4-6-19-14/h12-16H,3-11H2,1-2H3. The van der Waals surface area contributed by atoms with Crippen LogP contribution in [0.3, 0.4) is 0 Å². The van der Waals surface area contributed by atoms with Crippen molar-refractivity contribution in [2.45, 2.75) is 51.4 Å². The zero-order valence-electron chi connectivity index (χ0n) is 12.3. The molecule has 5 heteroatoms. The third kappa shape index (κ3) is 9.35. The summed E-state index contributed by atoms with van der Waals surface area (Å²) in [5, 5.41) is 12.9. The number of ether oxygens (including phenoxy) is 3. The van der Waals surface area contributed by atoms with Crippen LogP contribution in [0.1, 0.15) is 33.1 Å². The van der Waals surface area contributed by atoms with Crippen molar-refractivity contribution in [2.75, 3.05) is 39.5 Å². The van der Waals surface area contributed by atoms with Crippen LogP contribution >= 0.6 is 0 Å². The Labute approximate surface area is 116 Å². The average Bonchev–Trinajstić information content (AvgIpc) is 2.39. The summed E-state index contributed by atoms with van der Waals surface area (Å²) < 4.78 is 16.3. The van der Waals surface area contributed by atoms with E-state index in [1.807, 2.05) is 13.8 Å². The van der Waals surface area contributed by atoms with Crippen LogP contribution in [-0.4, -0.2) is 62.9 Å². The van der Waals surface area contributed by atoms with Crippen LogP contribution in [0.15, 0.2) is 0 Å². The number of hydrogen-bond donors (Lipinski definition) is 2. The van der Waals surface area contributed by atoms with E-state index in [9.17, 15) is 5.11 Å². The maximum Gasteiger partial charge on any atom is 0.0897 e. The number of rotatable bonds is 10. The minimum atomic E-state index is -0.470. The van der Waals surface area contributed by atoms with E-state index in [1.165, 1.54) is 12.8 Å². The lowest BCUT2D eigenvalue weighted by atomic mass is 10.1. The second-order valence-electron chi connectivity index (χ2n) is 5.30. The van der Waals surface area contributed by atoms with Gasteiger partial charge in [0.15, 0.2) is 0 Å². The van der Waals surface area contributed by atoms with E-state index in [4.69, 9.17) is 14.2 Å². The quantitative estimate of drug-likeness (QED) is 0.581. The number of hydrogen-bond acceptors (Lipinski definition) is 5. The van der Waals surface area contributed by atoms with Crippen LogP contribution < -0.4 is 5.32 Å². The molecule has 0 aromatic heterocycles. The molecule has 0 aromatic carbocycles. The lowest BCUT2D eigenvalue weighted by Crippen LogP contribution is -2.37. The summed E-state index contributed by atoms with van der Waals surface area (Å²) >= 11 is 0.